The number of carbonyl (C=O) groups is 1. The molecule has 1 aliphatic heterocycles. The Morgan fingerprint density at radius 3 is 2.70 bits per heavy atom. The van der Waals surface area contributed by atoms with Crippen LogP contribution in [0.25, 0.3) is 16.3 Å². The predicted octanol–water partition coefficient (Wildman–Crippen LogP) is 4.04. The number of hydrogen-bond acceptors (Lipinski definition) is 6. The van der Waals surface area contributed by atoms with E-state index in [0.717, 1.165) is 53.7 Å². The molecule has 0 aliphatic carbocycles. The molecule has 3 aromatic heterocycles. The van der Waals surface area contributed by atoms with Gasteiger partial charge in [0, 0.05) is 18.0 Å². The van der Waals surface area contributed by atoms with Crippen molar-refractivity contribution in [2.75, 3.05) is 13.1 Å². The Hall–Kier alpha value is -1.93. The third kappa shape index (κ3) is 3.87. The van der Waals surface area contributed by atoms with Gasteiger partial charge in [-0.05, 0) is 56.9 Å². The molecule has 0 N–H and O–H groups in total. The maximum absolute atomic E-state index is 12.9. The summed E-state index contributed by atoms with van der Waals surface area (Å²) in [5, 5.41) is 14.0. The molecule has 142 valence electrons. The van der Waals surface area contributed by atoms with E-state index in [1.165, 1.54) is 11.3 Å². The maximum Gasteiger partial charge on any atom is 0.236 e. The Kier molecular flexibility index (Phi) is 5.45. The lowest BCUT2D eigenvalue weighted by molar-refractivity contribution is -0.131. The second-order valence-corrected chi connectivity index (χ2v) is 9.29. The summed E-state index contributed by atoms with van der Waals surface area (Å²) >= 11 is 3.22. The van der Waals surface area contributed by atoms with Gasteiger partial charge in [0.05, 0.1) is 10.1 Å². The number of carbonyl (C=O) groups excluding carboxylic acids is 1. The highest BCUT2D eigenvalue weighted by Crippen LogP contribution is 2.29. The number of likely N-dealkylation sites (tertiary alicyclic amines) is 1. The number of thiophene rings is 1. The monoisotopic (exact) mass is 401 g/mol. The molecule has 1 fully saturated rings. The second-order valence-electron chi connectivity index (χ2n) is 6.78. The van der Waals surface area contributed by atoms with Gasteiger partial charge in [-0.3, -0.25) is 4.79 Å². The number of thioether (sulfide) groups is 1. The molecule has 1 aliphatic rings. The fraction of sp³-hybridized carbons (Fsp3) is 0.474. The van der Waals surface area contributed by atoms with Crippen LogP contribution in [0.1, 0.15) is 37.5 Å². The third-order valence-electron chi connectivity index (χ3n) is 4.78. The van der Waals surface area contributed by atoms with Gasteiger partial charge < -0.3 is 4.90 Å². The van der Waals surface area contributed by atoms with Crippen molar-refractivity contribution < 1.29 is 4.79 Å². The maximum atomic E-state index is 12.9. The molecule has 0 bridgehead atoms. The van der Waals surface area contributed by atoms with Crippen molar-refractivity contribution in [2.24, 2.45) is 0 Å². The van der Waals surface area contributed by atoms with Crippen LogP contribution in [0, 0.1) is 6.92 Å². The fourth-order valence-corrected chi connectivity index (χ4v) is 5.14. The van der Waals surface area contributed by atoms with E-state index in [2.05, 4.69) is 30.1 Å². The van der Waals surface area contributed by atoms with Crippen molar-refractivity contribution in [2.45, 2.75) is 49.8 Å². The first-order valence-corrected chi connectivity index (χ1v) is 11.1. The van der Waals surface area contributed by atoms with Crippen LogP contribution >= 0.6 is 23.1 Å². The lowest BCUT2D eigenvalue weighted by Gasteiger charge is -2.29. The van der Waals surface area contributed by atoms with E-state index < -0.39 is 0 Å². The van der Waals surface area contributed by atoms with Crippen LogP contribution in [0.15, 0.2) is 29.3 Å². The van der Waals surface area contributed by atoms with E-state index in [9.17, 15) is 4.79 Å². The van der Waals surface area contributed by atoms with Crippen molar-refractivity contribution in [1.29, 1.82) is 0 Å². The van der Waals surface area contributed by atoms with Gasteiger partial charge in [-0.15, -0.1) is 21.5 Å². The third-order valence-corrected chi connectivity index (χ3v) is 7.05. The number of fused-ring (bicyclic) bond motifs is 1. The zero-order valence-corrected chi connectivity index (χ0v) is 17.2. The molecule has 4 heterocycles. The van der Waals surface area contributed by atoms with Crippen LogP contribution in [-0.4, -0.2) is 49.0 Å². The van der Waals surface area contributed by atoms with Crippen LogP contribution in [0.4, 0.5) is 0 Å². The summed E-state index contributed by atoms with van der Waals surface area (Å²) in [7, 11) is 0. The first-order chi connectivity index (χ1) is 13.2. The summed E-state index contributed by atoms with van der Waals surface area (Å²) < 4.78 is 1.78. The molecule has 1 unspecified atom stereocenters. The minimum atomic E-state index is -0.100. The largest absolute Gasteiger partial charge is 0.342 e. The van der Waals surface area contributed by atoms with E-state index in [-0.39, 0.29) is 11.2 Å². The molecular formula is C19H23N5OS2. The first-order valence-electron chi connectivity index (χ1n) is 9.40. The van der Waals surface area contributed by atoms with Crippen molar-refractivity contribution in [3.05, 3.63) is 29.1 Å². The van der Waals surface area contributed by atoms with Crippen LogP contribution in [0.5, 0.6) is 0 Å². The molecule has 27 heavy (non-hydrogen) atoms. The minimum absolute atomic E-state index is 0.100. The minimum Gasteiger partial charge on any atom is -0.342 e. The van der Waals surface area contributed by atoms with Gasteiger partial charge in [0.25, 0.3) is 0 Å². The number of nitrogens with zero attached hydrogens (tertiary/aromatic N) is 5. The molecule has 0 radical (unpaired) electrons. The number of aromatic nitrogens is 4. The van der Waals surface area contributed by atoms with Crippen LogP contribution < -0.4 is 0 Å². The normalized spacial score (nSPS) is 16.0. The Morgan fingerprint density at radius 2 is 2.00 bits per heavy atom. The quantitative estimate of drug-likeness (QED) is 0.604. The summed E-state index contributed by atoms with van der Waals surface area (Å²) in [6.07, 6.45) is 4.24. The van der Waals surface area contributed by atoms with Gasteiger partial charge in [0.2, 0.25) is 5.91 Å². The highest BCUT2D eigenvalue weighted by atomic mass is 32.2. The molecule has 0 spiro atoms. The predicted molar refractivity (Wildman–Crippen MR) is 109 cm³/mol. The van der Waals surface area contributed by atoms with E-state index in [0.29, 0.717) is 0 Å². The van der Waals surface area contributed by atoms with Crippen LogP contribution in [0.2, 0.25) is 0 Å². The van der Waals surface area contributed by atoms with Gasteiger partial charge in [-0.25, -0.2) is 0 Å². The summed E-state index contributed by atoms with van der Waals surface area (Å²) in [4.78, 5) is 17.2. The highest BCUT2D eigenvalue weighted by molar-refractivity contribution is 8.00. The van der Waals surface area contributed by atoms with E-state index in [1.54, 1.807) is 27.6 Å². The average molecular weight is 402 g/mol. The van der Waals surface area contributed by atoms with Gasteiger partial charge in [0.1, 0.15) is 5.03 Å². The summed E-state index contributed by atoms with van der Waals surface area (Å²) in [5.74, 6) is 0.989. The van der Waals surface area contributed by atoms with Crippen molar-refractivity contribution in [3.8, 4) is 10.7 Å². The summed E-state index contributed by atoms with van der Waals surface area (Å²) in [6.45, 7) is 5.91. The molecular weight excluding hydrogens is 378 g/mol. The standard InChI is InChI=1S/C19H23N5OS2/c1-3-14(19(25)23-11-5-4-6-12-23)27-17-10-9-16-20-21-18(24(16)22-17)15-8-7-13(2)26-15/h7-10,14H,3-6,11-12H2,1-2H3. The molecule has 1 saturated heterocycles. The fourth-order valence-electron chi connectivity index (χ4n) is 3.32. The molecule has 1 amide bonds. The molecule has 1 atom stereocenters. The van der Waals surface area contributed by atoms with E-state index in [1.807, 2.05) is 23.1 Å². The Labute approximate surface area is 167 Å². The molecule has 4 rings (SSSR count). The SMILES string of the molecule is CCC(Sc1ccc2nnc(-c3ccc(C)s3)n2n1)C(=O)N1CCCCC1. The van der Waals surface area contributed by atoms with Gasteiger partial charge in [-0.2, -0.15) is 9.61 Å². The first kappa shape index (κ1) is 18.4. The van der Waals surface area contributed by atoms with Gasteiger partial charge >= 0.3 is 0 Å². The van der Waals surface area contributed by atoms with Crippen LogP contribution in [-0.2, 0) is 4.79 Å². The molecule has 0 aromatic carbocycles. The average Bonchev–Trinajstić information content (AvgIpc) is 3.31. The van der Waals surface area contributed by atoms with Crippen molar-refractivity contribution in [3.63, 3.8) is 0 Å². The summed E-state index contributed by atoms with van der Waals surface area (Å²) in [5.41, 5.74) is 0.718. The van der Waals surface area contributed by atoms with E-state index in [4.69, 9.17) is 5.10 Å². The highest BCUT2D eigenvalue weighted by Gasteiger charge is 2.26. The van der Waals surface area contributed by atoms with Crippen LogP contribution in [0.3, 0.4) is 0 Å². The number of piperidine rings is 1. The van der Waals surface area contributed by atoms with Gasteiger partial charge in [0.15, 0.2) is 11.5 Å². The van der Waals surface area contributed by atoms with Crippen molar-refractivity contribution in [1.82, 2.24) is 24.7 Å². The zero-order chi connectivity index (χ0) is 18.8. The molecule has 6 nitrogen and oxygen atoms in total. The van der Waals surface area contributed by atoms with Gasteiger partial charge in [-0.1, -0.05) is 18.7 Å². The lowest BCUT2D eigenvalue weighted by atomic mass is 10.1. The Bertz CT molecular complexity index is 945. The Morgan fingerprint density at radius 1 is 1.19 bits per heavy atom. The lowest BCUT2D eigenvalue weighted by Crippen LogP contribution is -2.40. The van der Waals surface area contributed by atoms with E-state index >= 15 is 0 Å². The number of aryl methyl sites for hydroxylation is 1. The number of amides is 1. The molecule has 3 aromatic rings. The summed E-state index contributed by atoms with van der Waals surface area (Å²) in [6, 6.07) is 7.98. The topological polar surface area (TPSA) is 63.4 Å². The number of rotatable bonds is 5. The zero-order valence-electron chi connectivity index (χ0n) is 15.6. The molecule has 8 heteroatoms. The Balaban J connectivity index is 1.58. The smallest absolute Gasteiger partial charge is 0.236 e. The second kappa shape index (κ2) is 7.98. The van der Waals surface area contributed by atoms with Crippen molar-refractivity contribution >= 4 is 34.7 Å². The number of hydrogen-bond donors (Lipinski definition) is 0. The molecule has 0 saturated carbocycles.